The summed E-state index contributed by atoms with van der Waals surface area (Å²) in [4.78, 5) is 11.3. The quantitative estimate of drug-likeness (QED) is 0.468. The standard InChI is InChI=1S/C10H4ClF4NO/c11-3-8(17)9-5(4-16)1-6(12)2-7(9)10(13,14)15/h1-2H,3H2. The second-order valence-electron chi connectivity index (χ2n) is 3.04. The van der Waals surface area contributed by atoms with Crippen molar-refractivity contribution in [3.8, 4) is 6.07 Å². The van der Waals surface area contributed by atoms with E-state index in [9.17, 15) is 22.4 Å². The summed E-state index contributed by atoms with van der Waals surface area (Å²) in [5, 5.41) is 8.60. The monoisotopic (exact) mass is 265 g/mol. The fourth-order valence-corrected chi connectivity index (χ4v) is 1.42. The van der Waals surface area contributed by atoms with Crippen molar-refractivity contribution in [2.75, 3.05) is 5.88 Å². The Labute approximate surface area is 98.4 Å². The summed E-state index contributed by atoms with van der Waals surface area (Å²) in [7, 11) is 0. The molecule has 1 aromatic rings. The van der Waals surface area contributed by atoms with E-state index >= 15 is 0 Å². The number of nitriles is 1. The lowest BCUT2D eigenvalue weighted by Crippen LogP contribution is -2.16. The van der Waals surface area contributed by atoms with Gasteiger partial charge in [0, 0.05) is 5.56 Å². The largest absolute Gasteiger partial charge is 0.417 e. The molecule has 0 fully saturated rings. The summed E-state index contributed by atoms with van der Waals surface area (Å²) in [5.41, 5.74) is -3.06. The second kappa shape index (κ2) is 4.72. The van der Waals surface area contributed by atoms with Crippen molar-refractivity contribution in [3.05, 3.63) is 34.6 Å². The van der Waals surface area contributed by atoms with Gasteiger partial charge in [-0.3, -0.25) is 4.79 Å². The second-order valence-corrected chi connectivity index (χ2v) is 3.31. The number of ketones is 1. The fraction of sp³-hybridized carbons (Fsp3) is 0.200. The first-order valence-electron chi connectivity index (χ1n) is 4.21. The number of Topliss-reactive ketones (excluding diaryl/α,β-unsaturated/α-hetero) is 1. The summed E-state index contributed by atoms with van der Waals surface area (Å²) in [6, 6.07) is 2.08. The predicted octanol–water partition coefficient (Wildman–Crippen LogP) is 3.14. The molecule has 90 valence electrons. The molecule has 2 nitrogen and oxygen atoms in total. The van der Waals surface area contributed by atoms with Crippen LogP contribution in [0.1, 0.15) is 21.5 Å². The van der Waals surface area contributed by atoms with E-state index in [1.165, 1.54) is 6.07 Å². The number of carbonyl (C=O) groups excluding carboxylic acids is 1. The maximum atomic E-state index is 12.9. The van der Waals surface area contributed by atoms with Crippen LogP contribution in [0.4, 0.5) is 17.6 Å². The van der Waals surface area contributed by atoms with E-state index in [1.54, 1.807) is 0 Å². The van der Waals surface area contributed by atoms with Gasteiger partial charge in [-0.15, -0.1) is 11.6 Å². The summed E-state index contributed by atoms with van der Waals surface area (Å²) >= 11 is 5.16. The molecule has 0 heterocycles. The van der Waals surface area contributed by atoms with Crippen LogP contribution in [0, 0.1) is 17.1 Å². The highest BCUT2D eigenvalue weighted by molar-refractivity contribution is 6.31. The molecule has 0 amide bonds. The maximum absolute atomic E-state index is 12.9. The molecule has 0 atom stereocenters. The fourth-order valence-electron chi connectivity index (χ4n) is 1.29. The van der Waals surface area contributed by atoms with Crippen molar-refractivity contribution in [1.29, 1.82) is 5.26 Å². The average Bonchev–Trinajstić information content (AvgIpc) is 2.25. The normalized spacial score (nSPS) is 11.1. The van der Waals surface area contributed by atoms with Gasteiger partial charge in [-0.25, -0.2) is 4.39 Å². The highest BCUT2D eigenvalue weighted by atomic mass is 35.5. The minimum absolute atomic E-state index is 0.167. The molecule has 0 aliphatic rings. The van der Waals surface area contributed by atoms with Gasteiger partial charge >= 0.3 is 6.18 Å². The molecule has 0 saturated heterocycles. The van der Waals surface area contributed by atoms with E-state index in [0.29, 0.717) is 6.07 Å². The number of halogens is 5. The molecule has 0 saturated carbocycles. The van der Waals surface area contributed by atoms with Crippen LogP contribution < -0.4 is 0 Å². The molecule has 0 aliphatic heterocycles. The third kappa shape index (κ3) is 2.74. The van der Waals surface area contributed by atoms with E-state index in [4.69, 9.17) is 16.9 Å². The molecule has 0 aliphatic carbocycles. The number of alkyl halides is 4. The van der Waals surface area contributed by atoms with Crippen LogP contribution in [0.25, 0.3) is 0 Å². The van der Waals surface area contributed by atoms with Gasteiger partial charge in [0.2, 0.25) is 0 Å². The van der Waals surface area contributed by atoms with Crippen molar-refractivity contribution in [2.45, 2.75) is 6.18 Å². The summed E-state index contributed by atoms with van der Waals surface area (Å²) in [6.45, 7) is 0. The SMILES string of the molecule is N#Cc1cc(F)cc(C(F)(F)F)c1C(=O)CCl. The minimum Gasteiger partial charge on any atom is -0.293 e. The van der Waals surface area contributed by atoms with Gasteiger partial charge in [0.1, 0.15) is 11.9 Å². The van der Waals surface area contributed by atoms with Crippen LogP contribution in [0.3, 0.4) is 0 Å². The summed E-state index contributed by atoms with van der Waals surface area (Å²) in [5.74, 6) is -3.03. The molecule has 0 spiro atoms. The Hall–Kier alpha value is -1.61. The van der Waals surface area contributed by atoms with Gasteiger partial charge in [0.05, 0.1) is 17.0 Å². The van der Waals surface area contributed by atoms with Crippen LogP contribution in [-0.2, 0) is 6.18 Å². The number of hydrogen-bond acceptors (Lipinski definition) is 2. The van der Waals surface area contributed by atoms with Crippen molar-refractivity contribution in [3.63, 3.8) is 0 Å². The number of carbonyl (C=O) groups is 1. The number of hydrogen-bond donors (Lipinski definition) is 0. The Kier molecular flexibility index (Phi) is 3.73. The highest BCUT2D eigenvalue weighted by Crippen LogP contribution is 2.34. The Bertz CT molecular complexity index is 504. The Morgan fingerprint density at radius 3 is 2.41 bits per heavy atom. The molecular formula is C10H4ClF4NO. The Balaban J connectivity index is 3.63. The molecule has 0 aromatic heterocycles. The molecule has 1 rings (SSSR count). The zero-order valence-corrected chi connectivity index (χ0v) is 8.86. The third-order valence-corrected chi connectivity index (χ3v) is 2.17. The lowest BCUT2D eigenvalue weighted by atomic mass is 9.98. The first-order valence-corrected chi connectivity index (χ1v) is 4.74. The Morgan fingerprint density at radius 2 is 2.00 bits per heavy atom. The van der Waals surface area contributed by atoms with Crippen molar-refractivity contribution < 1.29 is 22.4 Å². The molecule has 0 bridgehead atoms. The summed E-state index contributed by atoms with van der Waals surface area (Å²) in [6.07, 6.45) is -4.93. The number of benzene rings is 1. The van der Waals surface area contributed by atoms with Crippen LogP contribution in [0.5, 0.6) is 0 Å². The molecule has 1 aromatic carbocycles. The van der Waals surface area contributed by atoms with E-state index in [0.717, 1.165) is 0 Å². The van der Waals surface area contributed by atoms with Crippen molar-refractivity contribution >= 4 is 17.4 Å². The zero-order chi connectivity index (χ0) is 13.2. The molecule has 0 unspecified atom stereocenters. The maximum Gasteiger partial charge on any atom is 0.417 e. The van der Waals surface area contributed by atoms with Crippen LogP contribution in [0.2, 0.25) is 0 Å². The summed E-state index contributed by atoms with van der Waals surface area (Å²) < 4.78 is 50.6. The minimum atomic E-state index is -4.93. The number of nitrogens with zero attached hydrogens (tertiary/aromatic N) is 1. The van der Waals surface area contributed by atoms with Crippen molar-refractivity contribution in [1.82, 2.24) is 0 Å². The molecular weight excluding hydrogens is 262 g/mol. The van der Waals surface area contributed by atoms with Gasteiger partial charge in [-0.1, -0.05) is 0 Å². The van der Waals surface area contributed by atoms with Crippen LogP contribution in [-0.4, -0.2) is 11.7 Å². The van der Waals surface area contributed by atoms with Crippen LogP contribution in [0.15, 0.2) is 12.1 Å². The lowest BCUT2D eigenvalue weighted by Gasteiger charge is -2.12. The van der Waals surface area contributed by atoms with Gasteiger partial charge in [-0.2, -0.15) is 18.4 Å². The van der Waals surface area contributed by atoms with E-state index < -0.39 is 40.3 Å². The zero-order valence-electron chi connectivity index (χ0n) is 8.11. The van der Waals surface area contributed by atoms with Gasteiger partial charge < -0.3 is 0 Å². The topological polar surface area (TPSA) is 40.9 Å². The Morgan fingerprint density at radius 1 is 1.41 bits per heavy atom. The molecule has 0 N–H and O–H groups in total. The first-order chi connectivity index (χ1) is 7.81. The molecule has 17 heavy (non-hydrogen) atoms. The van der Waals surface area contributed by atoms with Gasteiger partial charge in [0.25, 0.3) is 0 Å². The lowest BCUT2D eigenvalue weighted by molar-refractivity contribution is -0.138. The van der Waals surface area contributed by atoms with Crippen LogP contribution >= 0.6 is 11.6 Å². The van der Waals surface area contributed by atoms with Crippen molar-refractivity contribution in [2.24, 2.45) is 0 Å². The van der Waals surface area contributed by atoms with Gasteiger partial charge in [0.15, 0.2) is 5.78 Å². The first kappa shape index (κ1) is 13.5. The highest BCUT2D eigenvalue weighted by Gasteiger charge is 2.37. The third-order valence-electron chi connectivity index (χ3n) is 1.93. The van der Waals surface area contributed by atoms with Gasteiger partial charge in [-0.05, 0) is 12.1 Å². The van der Waals surface area contributed by atoms with E-state index in [1.807, 2.05) is 0 Å². The van der Waals surface area contributed by atoms with E-state index in [2.05, 4.69) is 0 Å². The smallest absolute Gasteiger partial charge is 0.293 e. The average molecular weight is 266 g/mol. The molecule has 7 heteroatoms. The van der Waals surface area contributed by atoms with E-state index in [-0.39, 0.29) is 6.07 Å². The molecule has 0 radical (unpaired) electrons. The predicted molar refractivity (Wildman–Crippen MR) is 51.2 cm³/mol. The number of rotatable bonds is 2.